The molecule has 0 bridgehead atoms. The van der Waals surface area contributed by atoms with E-state index in [1.54, 1.807) is 0 Å². The SMILES string of the molecule is Cc1cccnc1[C@H](N)C1CCCC1. The largest absolute Gasteiger partial charge is 0.322 e. The van der Waals surface area contributed by atoms with Gasteiger partial charge in [0.25, 0.3) is 0 Å². The van der Waals surface area contributed by atoms with Crippen molar-refractivity contribution in [1.82, 2.24) is 4.98 Å². The van der Waals surface area contributed by atoms with Gasteiger partial charge in [0.05, 0.1) is 11.7 Å². The summed E-state index contributed by atoms with van der Waals surface area (Å²) in [5.74, 6) is 0.656. The molecular weight excluding hydrogens is 172 g/mol. The smallest absolute Gasteiger partial charge is 0.0602 e. The number of nitrogens with two attached hydrogens (primary N) is 1. The summed E-state index contributed by atoms with van der Waals surface area (Å²) in [5.41, 5.74) is 8.56. The molecule has 0 radical (unpaired) electrons. The highest BCUT2D eigenvalue weighted by Crippen LogP contribution is 2.34. The number of hydrogen-bond acceptors (Lipinski definition) is 2. The van der Waals surface area contributed by atoms with E-state index in [-0.39, 0.29) is 6.04 Å². The van der Waals surface area contributed by atoms with Crippen molar-refractivity contribution < 1.29 is 0 Å². The monoisotopic (exact) mass is 190 g/mol. The first-order chi connectivity index (χ1) is 6.79. The molecule has 14 heavy (non-hydrogen) atoms. The molecule has 1 aromatic heterocycles. The van der Waals surface area contributed by atoms with E-state index >= 15 is 0 Å². The van der Waals surface area contributed by atoms with Crippen molar-refractivity contribution in [3.63, 3.8) is 0 Å². The minimum absolute atomic E-state index is 0.152. The molecule has 2 nitrogen and oxygen atoms in total. The van der Waals surface area contributed by atoms with Crippen LogP contribution in [-0.4, -0.2) is 4.98 Å². The normalized spacial score (nSPS) is 19.9. The van der Waals surface area contributed by atoms with Crippen LogP contribution >= 0.6 is 0 Å². The van der Waals surface area contributed by atoms with E-state index in [1.165, 1.54) is 31.2 Å². The Kier molecular flexibility index (Phi) is 2.82. The zero-order chi connectivity index (χ0) is 9.97. The number of hydrogen-bond donors (Lipinski definition) is 1. The third kappa shape index (κ3) is 1.80. The molecule has 2 rings (SSSR count). The lowest BCUT2D eigenvalue weighted by Gasteiger charge is -2.19. The molecule has 1 fully saturated rings. The van der Waals surface area contributed by atoms with Crippen molar-refractivity contribution in [1.29, 1.82) is 0 Å². The summed E-state index contributed by atoms with van der Waals surface area (Å²) >= 11 is 0. The molecule has 2 N–H and O–H groups in total. The summed E-state index contributed by atoms with van der Waals surface area (Å²) in [6.45, 7) is 2.09. The average molecular weight is 190 g/mol. The number of nitrogens with zero attached hydrogens (tertiary/aromatic N) is 1. The molecule has 1 aliphatic carbocycles. The highest BCUT2D eigenvalue weighted by molar-refractivity contribution is 5.21. The van der Waals surface area contributed by atoms with E-state index in [2.05, 4.69) is 18.0 Å². The molecule has 1 aliphatic rings. The van der Waals surface area contributed by atoms with Crippen LogP contribution in [0.3, 0.4) is 0 Å². The van der Waals surface area contributed by atoms with Gasteiger partial charge in [0.1, 0.15) is 0 Å². The molecule has 0 aliphatic heterocycles. The van der Waals surface area contributed by atoms with Crippen LogP contribution in [0.5, 0.6) is 0 Å². The Morgan fingerprint density at radius 1 is 1.43 bits per heavy atom. The van der Waals surface area contributed by atoms with Gasteiger partial charge in [0, 0.05) is 6.20 Å². The van der Waals surface area contributed by atoms with Gasteiger partial charge in [-0.25, -0.2) is 0 Å². The fourth-order valence-corrected chi connectivity index (χ4v) is 2.39. The molecular formula is C12H18N2. The van der Waals surface area contributed by atoms with Crippen LogP contribution in [0.25, 0.3) is 0 Å². The fourth-order valence-electron chi connectivity index (χ4n) is 2.39. The Labute approximate surface area is 85.5 Å². The number of aryl methyl sites for hydroxylation is 1. The zero-order valence-electron chi connectivity index (χ0n) is 8.74. The van der Waals surface area contributed by atoms with Crippen LogP contribution in [0.4, 0.5) is 0 Å². The highest BCUT2D eigenvalue weighted by Gasteiger charge is 2.24. The molecule has 2 heteroatoms. The molecule has 1 saturated carbocycles. The van der Waals surface area contributed by atoms with Gasteiger partial charge < -0.3 is 5.73 Å². The summed E-state index contributed by atoms with van der Waals surface area (Å²) in [6.07, 6.45) is 7.07. The lowest BCUT2D eigenvalue weighted by molar-refractivity contribution is 0.435. The Balaban J connectivity index is 2.17. The second kappa shape index (κ2) is 4.09. The Bertz CT molecular complexity index is 303. The molecule has 1 heterocycles. The quantitative estimate of drug-likeness (QED) is 0.778. The summed E-state index contributed by atoms with van der Waals surface area (Å²) in [5, 5.41) is 0. The van der Waals surface area contributed by atoms with Crippen molar-refractivity contribution in [2.24, 2.45) is 11.7 Å². The predicted octanol–water partition coefficient (Wildman–Crippen LogP) is 2.58. The first kappa shape index (κ1) is 9.66. The second-order valence-electron chi connectivity index (χ2n) is 4.28. The molecule has 0 amide bonds. The predicted molar refractivity (Wildman–Crippen MR) is 57.9 cm³/mol. The van der Waals surface area contributed by atoms with E-state index in [1.807, 2.05) is 12.3 Å². The van der Waals surface area contributed by atoms with Gasteiger partial charge >= 0.3 is 0 Å². The third-order valence-corrected chi connectivity index (χ3v) is 3.27. The summed E-state index contributed by atoms with van der Waals surface area (Å²) in [7, 11) is 0. The molecule has 1 aromatic rings. The van der Waals surface area contributed by atoms with Crippen molar-refractivity contribution in [3.05, 3.63) is 29.6 Å². The Hall–Kier alpha value is -0.890. The lowest BCUT2D eigenvalue weighted by atomic mass is 9.94. The topological polar surface area (TPSA) is 38.9 Å². The van der Waals surface area contributed by atoms with Crippen LogP contribution in [0.1, 0.15) is 43.0 Å². The maximum absolute atomic E-state index is 6.24. The van der Waals surface area contributed by atoms with Gasteiger partial charge in [0.2, 0.25) is 0 Å². The number of aromatic nitrogens is 1. The summed E-state index contributed by atoms with van der Waals surface area (Å²) in [6, 6.07) is 4.22. The second-order valence-corrected chi connectivity index (χ2v) is 4.28. The van der Waals surface area contributed by atoms with E-state index < -0.39 is 0 Å². The van der Waals surface area contributed by atoms with Crippen molar-refractivity contribution in [2.45, 2.75) is 38.6 Å². The van der Waals surface area contributed by atoms with E-state index in [0.717, 1.165) is 5.69 Å². The number of rotatable bonds is 2. The summed E-state index contributed by atoms with van der Waals surface area (Å²) in [4.78, 5) is 4.40. The maximum atomic E-state index is 6.24. The van der Waals surface area contributed by atoms with E-state index in [0.29, 0.717) is 5.92 Å². The first-order valence-corrected chi connectivity index (χ1v) is 5.46. The summed E-state index contributed by atoms with van der Waals surface area (Å²) < 4.78 is 0. The van der Waals surface area contributed by atoms with E-state index in [9.17, 15) is 0 Å². The van der Waals surface area contributed by atoms with Crippen LogP contribution in [0, 0.1) is 12.8 Å². The molecule has 0 saturated heterocycles. The van der Waals surface area contributed by atoms with Crippen molar-refractivity contribution in [3.8, 4) is 0 Å². The van der Waals surface area contributed by atoms with Crippen molar-refractivity contribution in [2.75, 3.05) is 0 Å². The van der Waals surface area contributed by atoms with Gasteiger partial charge in [-0.3, -0.25) is 4.98 Å². The fraction of sp³-hybridized carbons (Fsp3) is 0.583. The zero-order valence-corrected chi connectivity index (χ0v) is 8.74. The van der Waals surface area contributed by atoms with Crippen LogP contribution < -0.4 is 5.73 Å². The first-order valence-electron chi connectivity index (χ1n) is 5.46. The van der Waals surface area contributed by atoms with Gasteiger partial charge in [-0.15, -0.1) is 0 Å². The molecule has 0 spiro atoms. The van der Waals surface area contributed by atoms with Gasteiger partial charge in [-0.2, -0.15) is 0 Å². The minimum Gasteiger partial charge on any atom is -0.322 e. The van der Waals surface area contributed by atoms with Crippen LogP contribution in [0.2, 0.25) is 0 Å². The molecule has 0 aromatic carbocycles. The minimum atomic E-state index is 0.152. The lowest BCUT2D eigenvalue weighted by Crippen LogP contribution is -2.21. The highest BCUT2D eigenvalue weighted by atomic mass is 14.8. The maximum Gasteiger partial charge on any atom is 0.0602 e. The van der Waals surface area contributed by atoms with Crippen molar-refractivity contribution >= 4 is 0 Å². The third-order valence-electron chi connectivity index (χ3n) is 3.27. The van der Waals surface area contributed by atoms with Crippen LogP contribution in [0.15, 0.2) is 18.3 Å². The molecule has 1 atom stereocenters. The average Bonchev–Trinajstić information content (AvgIpc) is 2.70. The molecule has 0 unspecified atom stereocenters. The van der Waals surface area contributed by atoms with E-state index in [4.69, 9.17) is 5.73 Å². The van der Waals surface area contributed by atoms with Crippen LogP contribution in [-0.2, 0) is 0 Å². The van der Waals surface area contributed by atoms with Gasteiger partial charge in [0.15, 0.2) is 0 Å². The van der Waals surface area contributed by atoms with Gasteiger partial charge in [-0.05, 0) is 37.3 Å². The number of pyridine rings is 1. The molecule has 76 valence electrons. The Morgan fingerprint density at radius 2 is 2.14 bits per heavy atom. The van der Waals surface area contributed by atoms with Gasteiger partial charge in [-0.1, -0.05) is 18.9 Å². The Morgan fingerprint density at radius 3 is 2.79 bits per heavy atom. The standard InChI is InChI=1S/C12H18N2/c1-9-5-4-8-14-12(9)11(13)10-6-2-3-7-10/h4-5,8,10-11H,2-3,6-7,13H2,1H3/t11-/m1/s1.